The van der Waals surface area contributed by atoms with Crippen LogP contribution in [0.2, 0.25) is 0 Å². The number of carbonyl (C=O) groups is 2. The van der Waals surface area contributed by atoms with Crippen molar-refractivity contribution in [1.82, 2.24) is 9.88 Å². The second kappa shape index (κ2) is 13.0. The molecule has 3 aromatic rings. The summed E-state index contributed by atoms with van der Waals surface area (Å²) in [5.41, 5.74) is 5.49. The average Bonchev–Trinajstić information content (AvgIpc) is 2.85. The van der Waals surface area contributed by atoms with Crippen LogP contribution in [0.15, 0.2) is 59.4 Å². The Morgan fingerprint density at radius 2 is 1.55 bits per heavy atom. The first-order valence-electron chi connectivity index (χ1n) is 13.7. The monoisotopic (exact) mass is 583 g/mol. The molecule has 0 aliphatic rings. The quantitative estimate of drug-likeness (QED) is 0.256. The summed E-state index contributed by atoms with van der Waals surface area (Å²) in [4.78, 5) is 38.6. The molecular formula is C32H39F2N3O5. The van der Waals surface area contributed by atoms with Crippen LogP contribution in [0.25, 0.3) is 5.69 Å². The van der Waals surface area contributed by atoms with Gasteiger partial charge in [0.25, 0.3) is 5.56 Å². The zero-order chi connectivity index (χ0) is 31.4. The standard InChI is InChI=1S/C32H39F2N3O5/c1-19(41-31(2,3)4)27(30(40)42-32(5,6)7)36-17-16-20-8-11-22(12-9-20)37-26(38)15-14-24(29(37)35)28(39)23-13-10-21(33)18-25(23)34/h8-15,18-19,27,36H,16-17,35H2,1-7H3/t19?,27-/m0/s1. The maximum Gasteiger partial charge on any atom is 0.326 e. The molecule has 0 aliphatic carbocycles. The van der Waals surface area contributed by atoms with Gasteiger partial charge in [-0.1, -0.05) is 12.1 Å². The molecule has 0 aliphatic heterocycles. The molecule has 0 saturated carbocycles. The van der Waals surface area contributed by atoms with Gasteiger partial charge in [0.05, 0.1) is 28.5 Å². The van der Waals surface area contributed by atoms with Crippen molar-refractivity contribution in [1.29, 1.82) is 0 Å². The molecule has 3 N–H and O–H groups in total. The molecule has 0 fully saturated rings. The Labute approximate surface area is 244 Å². The SMILES string of the molecule is CC(OC(C)(C)C)[C@H](NCCc1ccc(-n2c(N)c(C(=O)c3ccc(F)cc3F)ccc2=O)cc1)C(=O)OC(C)(C)C. The van der Waals surface area contributed by atoms with Crippen molar-refractivity contribution in [3.63, 3.8) is 0 Å². The summed E-state index contributed by atoms with van der Waals surface area (Å²) in [5.74, 6) is -3.18. The largest absolute Gasteiger partial charge is 0.459 e. The van der Waals surface area contributed by atoms with Crippen LogP contribution in [0.5, 0.6) is 0 Å². The average molecular weight is 584 g/mol. The Bertz CT molecular complexity index is 1490. The molecule has 0 spiro atoms. The van der Waals surface area contributed by atoms with E-state index in [0.717, 1.165) is 22.3 Å². The highest BCUT2D eigenvalue weighted by molar-refractivity contribution is 6.11. The predicted molar refractivity (Wildman–Crippen MR) is 158 cm³/mol. The Hall–Kier alpha value is -3.89. The van der Waals surface area contributed by atoms with Gasteiger partial charge in [-0.25, -0.2) is 8.78 Å². The number of aromatic nitrogens is 1. The van der Waals surface area contributed by atoms with Gasteiger partial charge in [0.2, 0.25) is 0 Å². The van der Waals surface area contributed by atoms with Gasteiger partial charge in [0.15, 0.2) is 5.78 Å². The summed E-state index contributed by atoms with van der Waals surface area (Å²) in [6.45, 7) is 13.5. The Balaban J connectivity index is 1.77. The minimum Gasteiger partial charge on any atom is -0.459 e. The normalized spacial score (nSPS) is 13.5. The third-order valence-corrected chi connectivity index (χ3v) is 6.19. The summed E-state index contributed by atoms with van der Waals surface area (Å²) in [7, 11) is 0. The first kappa shape index (κ1) is 32.6. The zero-order valence-corrected chi connectivity index (χ0v) is 25.1. The third-order valence-electron chi connectivity index (χ3n) is 6.19. The second-order valence-corrected chi connectivity index (χ2v) is 12.1. The maximum atomic E-state index is 14.2. The fourth-order valence-electron chi connectivity index (χ4n) is 4.45. The van der Waals surface area contributed by atoms with E-state index >= 15 is 0 Å². The molecule has 1 heterocycles. The van der Waals surface area contributed by atoms with Crippen molar-refractivity contribution in [2.45, 2.75) is 78.2 Å². The molecule has 0 saturated heterocycles. The van der Waals surface area contributed by atoms with Crippen LogP contribution < -0.4 is 16.6 Å². The Morgan fingerprint density at radius 3 is 2.12 bits per heavy atom. The number of benzene rings is 2. The number of esters is 1. The molecule has 226 valence electrons. The van der Waals surface area contributed by atoms with Crippen molar-refractivity contribution in [2.75, 3.05) is 12.3 Å². The van der Waals surface area contributed by atoms with Crippen LogP contribution in [-0.2, 0) is 20.7 Å². The summed E-state index contributed by atoms with van der Waals surface area (Å²) in [6, 6.07) is 11.3. The second-order valence-electron chi connectivity index (χ2n) is 12.1. The van der Waals surface area contributed by atoms with Gasteiger partial charge in [0.1, 0.15) is 29.1 Å². The number of hydrogen-bond acceptors (Lipinski definition) is 7. The summed E-state index contributed by atoms with van der Waals surface area (Å²) in [5, 5.41) is 3.25. The maximum absolute atomic E-state index is 14.2. The lowest BCUT2D eigenvalue weighted by Crippen LogP contribution is -2.51. The van der Waals surface area contributed by atoms with E-state index in [-0.39, 0.29) is 16.9 Å². The lowest BCUT2D eigenvalue weighted by molar-refractivity contribution is -0.164. The van der Waals surface area contributed by atoms with E-state index in [1.54, 1.807) is 24.3 Å². The van der Waals surface area contributed by atoms with Crippen molar-refractivity contribution < 1.29 is 27.8 Å². The number of anilines is 1. The summed E-state index contributed by atoms with van der Waals surface area (Å²) in [6.07, 6.45) is 0.102. The Morgan fingerprint density at radius 1 is 0.929 bits per heavy atom. The molecule has 1 aromatic heterocycles. The van der Waals surface area contributed by atoms with Crippen molar-refractivity contribution in [2.24, 2.45) is 0 Å². The van der Waals surface area contributed by atoms with Crippen LogP contribution in [0.4, 0.5) is 14.6 Å². The highest BCUT2D eigenvalue weighted by atomic mass is 19.1. The molecule has 1 unspecified atom stereocenters. The lowest BCUT2D eigenvalue weighted by Gasteiger charge is -2.32. The molecular weight excluding hydrogens is 544 g/mol. The van der Waals surface area contributed by atoms with E-state index in [9.17, 15) is 23.2 Å². The van der Waals surface area contributed by atoms with E-state index in [1.165, 1.54) is 12.1 Å². The van der Waals surface area contributed by atoms with Gasteiger partial charge in [-0.15, -0.1) is 0 Å². The van der Waals surface area contributed by atoms with Crippen LogP contribution in [-0.4, -0.2) is 46.2 Å². The third kappa shape index (κ3) is 8.56. The van der Waals surface area contributed by atoms with E-state index in [1.807, 2.05) is 48.5 Å². The molecule has 0 radical (unpaired) electrons. The molecule has 42 heavy (non-hydrogen) atoms. The molecule has 2 aromatic carbocycles. The molecule has 10 heteroatoms. The molecule has 3 rings (SSSR count). The number of hydrogen-bond donors (Lipinski definition) is 2. The van der Waals surface area contributed by atoms with Gasteiger partial charge in [0, 0.05) is 18.7 Å². The molecule has 0 bridgehead atoms. The Kier molecular flexibility index (Phi) is 10.1. The van der Waals surface area contributed by atoms with Crippen LogP contribution in [0, 0.1) is 11.6 Å². The van der Waals surface area contributed by atoms with E-state index in [4.69, 9.17) is 15.2 Å². The minimum absolute atomic E-state index is 0.0897. The van der Waals surface area contributed by atoms with Gasteiger partial charge in [-0.3, -0.25) is 19.0 Å². The minimum atomic E-state index is -1.02. The number of ketones is 1. The predicted octanol–water partition coefficient (Wildman–Crippen LogP) is 4.97. The highest BCUT2D eigenvalue weighted by Gasteiger charge is 2.32. The smallest absolute Gasteiger partial charge is 0.326 e. The van der Waals surface area contributed by atoms with Crippen LogP contribution in [0.1, 0.15) is 70.0 Å². The van der Waals surface area contributed by atoms with E-state index in [0.29, 0.717) is 24.7 Å². The summed E-state index contributed by atoms with van der Waals surface area (Å²) < 4.78 is 40.3. The van der Waals surface area contributed by atoms with Gasteiger partial charge in [-0.05, 0) is 90.8 Å². The number of pyridine rings is 1. The van der Waals surface area contributed by atoms with Crippen molar-refractivity contribution in [3.05, 3.63) is 93.3 Å². The fraction of sp³-hybridized carbons (Fsp3) is 0.406. The number of nitrogens with two attached hydrogens (primary N) is 1. The van der Waals surface area contributed by atoms with Gasteiger partial charge in [-0.2, -0.15) is 0 Å². The number of nitrogens with one attached hydrogen (secondary N) is 1. The molecule has 0 amide bonds. The van der Waals surface area contributed by atoms with Gasteiger partial charge < -0.3 is 20.5 Å². The molecule has 2 atom stereocenters. The van der Waals surface area contributed by atoms with Gasteiger partial charge >= 0.3 is 5.97 Å². The number of carbonyl (C=O) groups excluding carboxylic acids is 2. The van der Waals surface area contributed by atoms with Crippen molar-refractivity contribution >= 4 is 17.6 Å². The van der Waals surface area contributed by atoms with Crippen LogP contribution >= 0.6 is 0 Å². The van der Waals surface area contributed by atoms with Crippen LogP contribution in [0.3, 0.4) is 0 Å². The first-order chi connectivity index (χ1) is 19.5. The highest BCUT2D eigenvalue weighted by Crippen LogP contribution is 2.22. The number of nitrogen functional groups attached to an aromatic ring is 1. The summed E-state index contributed by atoms with van der Waals surface area (Å²) >= 11 is 0. The van der Waals surface area contributed by atoms with Crippen molar-refractivity contribution in [3.8, 4) is 5.69 Å². The molecule has 8 nitrogen and oxygen atoms in total. The topological polar surface area (TPSA) is 113 Å². The number of nitrogens with zero attached hydrogens (tertiary/aromatic N) is 1. The number of ether oxygens (including phenoxy) is 2. The first-order valence-corrected chi connectivity index (χ1v) is 13.7. The van der Waals surface area contributed by atoms with E-state index < -0.39 is 52.3 Å². The zero-order valence-electron chi connectivity index (χ0n) is 25.1. The number of halogens is 2. The van der Waals surface area contributed by atoms with E-state index in [2.05, 4.69) is 5.32 Å². The number of rotatable bonds is 10. The fourth-order valence-corrected chi connectivity index (χ4v) is 4.45. The lowest BCUT2D eigenvalue weighted by atomic mass is 10.0.